The molecule has 2 aromatic rings. The molecule has 2 saturated heterocycles. The van der Waals surface area contributed by atoms with Crippen molar-refractivity contribution in [3.63, 3.8) is 0 Å². The highest BCUT2D eigenvalue weighted by atomic mass is 35.5. The third-order valence-electron chi connectivity index (χ3n) is 6.29. The molecule has 7 nitrogen and oxygen atoms in total. The fourth-order valence-corrected chi connectivity index (χ4v) is 4.52. The zero-order chi connectivity index (χ0) is 21.8. The fourth-order valence-electron chi connectivity index (χ4n) is 4.52. The van der Waals surface area contributed by atoms with Gasteiger partial charge in [-0.25, -0.2) is 5.43 Å². The molecule has 0 bridgehead atoms. The largest absolute Gasteiger partial charge is 0.493 e. The van der Waals surface area contributed by atoms with Crippen LogP contribution in [0.1, 0.15) is 18.4 Å². The van der Waals surface area contributed by atoms with Gasteiger partial charge in [0.25, 0.3) is 0 Å². The molecule has 34 heavy (non-hydrogen) atoms. The summed E-state index contributed by atoms with van der Waals surface area (Å²) in [5.41, 5.74) is 5.60. The summed E-state index contributed by atoms with van der Waals surface area (Å²) in [5, 5.41) is 1.81. The Kier molecular flexibility index (Phi) is 12.3. The second kappa shape index (κ2) is 13.9. The summed E-state index contributed by atoms with van der Waals surface area (Å²) in [6, 6.07) is 16.2. The van der Waals surface area contributed by atoms with Crippen LogP contribution in [0.25, 0.3) is 0 Å². The Hall–Kier alpha value is -1.90. The van der Waals surface area contributed by atoms with E-state index in [0.717, 1.165) is 55.5 Å². The maximum Gasteiger partial charge on any atom is 0.245 e. The van der Waals surface area contributed by atoms with Gasteiger partial charge in [-0.15, -0.1) is 37.2 Å². The number of anilines is 1. The average Bonchev–Trinajstić information content (AvgIpc) is 3.11. The van der Waals surface area contributed by atoms with E-state index in [1.807, 2.05) is 47.5 Å². The minimum Gasteiger partial charge on any atom is -0.493 e. The molecule has 0 aromatic heterocycles. The predicted octanol–water partition coefficient (Wildman–Crippen LogP) is 3.61. The zero-order valence-corrected chi connectivity index (χ0v) is 22.3. The number of hydrogen-bond acceptors (Lipinski definition) is 6. The summed E-state index contributed by atoms with van der Waals surface area (Å²) in [5.74, 6) is 1.56. The normalized spacial score (nSPS) is 20.1. The van der Waals surface area contributed by atoms with Crippen LogP contribution in [0.2, 0.25) is 0 Å². The van der Waals surface area contributed by atoms with E-state index < -0.39 is 0 Å². The Morgan fingerprint density at radius 2 is 1.53 bits per heavy atom. The number of benzene rings is 2. The third-order valence-corrected chi connectivity index (χ3v) is 6.29. The van der Waals surface area contributed by atoms with E-state index in [0.29, 0.717) is 6.54 Å². The van der Waals surface area contributed by atoms with Gasteiger partial charge in [0.05, 0.1) is 26.7 Å². The van der Waals surface area contributed by atoms with Gasteiger partial charge in [-0.2, -0.15) is 0 Å². The quantitative estimate of drug-likeness (QED) is 0.587. The highest BCUT2D eigenvalue weighted by Gasteiger charge is 2.38. The summed E-state index contributed by atoms with van der Waals surface area (Å²) in [6.45, 7) is 7.47. The highest BCUT2D eigenvalue weighted by molar-refractivity contribution is 5.86. The van der Waals surface area contributed by atoms with Crippen LogP contribution in [0.4, 0.5) is 5.69 Å². The van der Waals surface area contributed by atoms with Crippen molar-refractivity contribution in [3.05, 3.63) is 54.1 Å². The molecule has 2 aliphatic heterocycles. The van der Waals surface area contributed by atoms with Crippen molar-refractivity contribution in [2.24, 2.45) is 0 Å². The second-order valence-electron chi connectivity index (χ2n) is 8.16. The summed E-state index contributed by atoms with van der Waals surface area (Å²) in [7, 11) is 3.32. The van der Waals surface area contributed by atoms with Crippen LogP contribution in [-0.2, 0) is 4.79 Å². The number of carbonyl (C=O) groups excluding carboxylic acids is 1. The van der Waals surface area contributed by atoms with E-state index in [1.54, 1.807) is 14.2 Å². The number of methoxy groups -OCH3 is 2. The number of ether oxygens (including phenoxy) is 2. The number of rotatable bonds is 7. The molecule has 2 aromatic carbocycles. The van der Waals surface area contributed by atoms with E-state index >= 15 is 0 Å². The van der Waals surface area contributed by atoms with E-state index in [-0.39, 0.29) is 55.1 Å². The zero-order valence-electron chi connectivity index (χ0n) is 19.8. The third kappa shape index (κ3) is 6.61. The summed E-state index contributed by atoms with van der Waals surface area (Å²) >= 11 is 0. The first-order valence-corrected chi connectivity index (χ1v) is 10.9. The summed E-state index contributed by atoms with van der Waals surface area (Å²) < 4.78 is 10.8. The highest BCUT2D eigenvalue weighted by Crippen LogP contribution is 2.32. The minimum absolute atomic E-state index is 0. The molecular weight excluding hydrogens is 499 g/mol. The average molecular weight is 534 g/mol. The second-order valence-corrected chi connectivity index (χ2v) is 8.16. The first-order valence-electron chi connectivity index (χ1n) is 10.9. The molecule has 2 atom stereocenters. The van der Waals surface area contributed by atoms with Crippen molar-refractivity contribution in [3.8, 4) is 11.5 Å². The van der Waals surface area contributed by atoms with Crippen LogP contribution in [0.3, 0.4) is 0 Å². The van der Waals surface area contributed by atoms with Gasteiger partial charge in [-0.3, -0.25) is 14.7 Å². The minimum atomic E-state index is -0.108. The molecule has 0 saturated carbocycles. The van der Waals surface area contributed by atoms with Crippen molar-refractivity contribution in [1.82, 2.24) is 15.3 Å². The van der Waals surface area contributed by atoms with E-state index in [9.17, 15) is 4.79 Å². The lowest BCUT2D eigenvalue weighted by atomic mass is 9.93. The number of hydrazine groups is 1. The van der Waals surface area contributed by atoms with E-state index in [4.69, 9.17) is 9.47 Å². The topological polar surface area (TPSA) is 57.3 Å². The number of hydrogen-bond donors (Lipinski definition) is 1. The van der Waals surface area contributed by atoms with Crippen LogP contribution in [0.5, 0.6) is 11.5 Å². The van der Waals surface area contributed by atoms with Crippen LogP contribution in [0.15, 0.2) is 48.5 Å². The van der Waals surface area contributed by atoms with Crippen molar-refractivity contribution < 1.29 is 14.3 Å². The number of piperazine rings is 1. The molecule has 2 fully saturated rings. The Labute approximate surface area is 221 Å². The van der Waals surface area contributed by atoms with Gasteiger partial charge >= 0.3 is 0 Å². The Morgan fingerprint density at radius 1 is 0.882 bits per heavy atom. The molecule has 1 amide bonds. The number of carbonyl (C=O) groups is 1. The number of nitrogens with zero attached hydrogens (tertiary/aromatic N) is 3. The molecule has 4 rings (SSSR count). The molecule has 2 aliphatic rings. The van der Waals surface area contributed by atoms with Crippen LogP contribution < -0.4 is 19.8 Å². The molecule has 0 radical (unpaired) electrons. The van der Waals surface area contributed by atoms with E-state index in [1.165, 1.54) is 0 Å². The lowest BCUT2D eigenvalue weighted by molar-refractivity contribution is -0.130. The number of nitrogens with one attached hydrogen (secondary N) is 1. The van der Waals surface area contributed by atoms with Gasteiger partial charge in [-0.05, 0) is 24.6 Å². The van der Waals surface area contributed by atoms with Gasteiger partial charge in [0.15, 0.2) is 11.5 Å². The molecule has 10 heteroatoms. The van der Waals surface area contributed by atoms with Crippen molar-refractivity contribution in [2.45, 2.75) is 18.9 Å². The molecule has 190 valence electrons. The van der Waals surface area contributed by atoms with Crippen LogP contribution >= 0.6 is 37.2 Å². The van der Waals surface area contributed by atoms with Gasteiger partial charge in [0, 0.05) is 50.5 Å². The summed E-state index contributed by atoms with van der Waals surface area (Å²) in [6.07, 6.45) is 0. The molecule has 0 spiro atoms. The van der Waals surface area contributed by atoms with Gasteiger partial charge < -0.3 is 14.4 Å². The Balaban J connectivity index is 0.00000193. The number of amides is 1. The first kappa shape index (κ1) is 30.1. The lowest BCUT2D eigenvalue weighted by Crippen LogP contribution is -2.49. The molecule has 1 N–H and O–H groups in total. The predicted molar refractivity (Wildman–Crippen MR) is 143 cm³/mol. The maximum absolute atomic E-state index is 13.0. The van der Waals surface area contributed by atoms with Crippen LogP contribution in [-0.4, -0.2) is 75.3 Å². The molecule has 0 aliphatic carbocycles. The fraction of sp³-hybridized carbons (Fsp3) is 0.458. The standard InChI is InChI=1S/C24H32N4O3.3ClH/c1-18-23(19-7-5-4-6-8-19)24(29)28(25-18)16-13-26-11-14-27(15-12-26)20-9-10-21(30-2)22(17-20)31-3;;;/h4-10,17-18,23,25H,11-16H2,1-3H3;3*1H. The van der Waals surface area contributed by atoms with Gasteiger partial charge in [0.1, 0.15) is 0 Å². The smallest absolute Gasteiger partial charge is 0.245 e. The van der Waals surface area contributed by atoms with Crippen LogP contribution in [0, 0.1) is 0 Å². The Bertz CT molecular complexity index is 898. The Morgan fingerprint density at radius 3 is 2.15 bits per heavy atom. The summed E-state index contributed by atoms with van der Waals surface area (Å²) in [4.78, 5) is 17.7. The van der Waals surface area contributed by atoms with Gasteiger partial charge in [-0.1, -0.05) is 30.3 Å². The molecule has 2 heterocycles. The number of halogens is 3. The first-order chi connectivity index (χ1) is 15.1. The SMILES string of the molecule is COc1ccc(N2CCN(CCN3NC(C)C(c4ccccc4)C3=O)CC2)cc1OC.Cl.Cl.Cl. The monoisotopic (exact) mass is 532 g/mol. The maximum atomic E-state index is 13.0. The van der Waals surface area contributed by atoms with Crippen molar-refractivity contribution in [2.75, 3.05) is 58.4 Å². The van der Waals surface area contributed by atoms with Gasteiger partial charge in [0.2, 0.25) is 5.91 Å². The van der Waals surface area contributed by atoms with E-state index in [2.05, 4.69) is 28.2 Å². The molecule has 2 unspecified atom stereocenters. The van der Waals surface area contributed by atoms with Crippen molar-refractivity contribution in [1.29, 1.82) is 0 Å². The van der Waals surface area contributed by atoms with Crippen molar-refractivity contribution >= 4 is 48.8 Å². The molecular formula is C24H35Cl3N4O3. The lowest BCUT2D eigenvalue weighted by Gasteiger charge is -2.36.